The molecule has 0 aromatic carbocycles. The molecule has 1 unspecified atom stereocenters. The molecule has 0 aliphatic rings. The fourth-order valence-electron chi connectivity index (χ4n) is 0.958. The first kappa shape index (κ1) is 12.4. The van der Waals surface area contributed by atoms with Gasteiger partial charge in [-0.05, 0) is 18.9 Å². The number of nitrogens with two attached hydrogens (primary N) is 1. The molecule has 3 N–H and O–H groups in total. The van der Waals surface area contributed by atoms with Gasteiger partial charge in [-0.15, -0.1) is 0 Å². The van der Waals surface area contributed by atoms with Crippen LogP contribution in [0, 0.1) is 5.92 Å². The van der Waals surface area contributed by atoms with E-state index in [4.69, 9.17) is 10.5 Å². The molecular formula is C9H20N2O2. The lowest BCUT2D eigenvalue weighted by Gasteiger charge is -2.10. The molecule has 4 heteroatoms. The van der Waals surface area contributed by atoms with Crippen molar-refractivity contribution in [2.75, 3.05) is 26.8 Å². The van der Waals surface area contributed by atoms with E-state index in [2.05, 4.69) is 12.2 Å². The number of carbonyl (C=O) groups excluding carboxylic acids is 1. The molecule has 0 heterocycles. The van der Waals surface area contributed by atoms with Gasteiger partial charge >= 0.3 is 0 Å². The van der Waals surface area contributed by atoms with E-state index in [-0.39, 0.29) is 5.91 Å². The molecule has 4 nitrogen and oxygen atoms in total. The molecule has 0 bridgehead atoms. The van der Waals surface area contributed by atoms with Crippen LogP contribution in [0.2, 0.25) is 0 Å². The summed E-state index contributed by atoms with van der Waals surface area (Å²) in [6.45, 7) is 3.94. The number of ether oxygens (including phenoxy) is 1. The summed E-state index contributed by atoms with van der Waals surface area (Å²) in [4.78, 5) is 11.1. The van der Waals surface area contributed by atoms with Gasteiger partial charge in [0.15, 0.2) is 0 Å². The molecular weight excluding hydrogens is 168 g/mol. The van der Waals surface area contributed by atoms with E-state index in [1.54, 1.807) is 7.11 Å². The van der Waals surface area contributed by atoms with Crippen LogP contribution in [0.5, 0.6) is 0 Å². The maximum absolute atomic E-state index is 11.1. The van der Waals surface area contributed by atoms with Crippen molar-refractivity contribution in [1.29, 1.82) is 0 Å². The van der Waals surface area contributed by atoms with E-state index in [1.165, 1.54) is 0 Å². The smallest absolute Gasteiger partial charge is 0.222 e. The van der Waals surface area contributed by atoms with Crippen LogP contribution in [0.3, 0.4) is 0 Å². The highest BCUT2D eigenvalue weighted by atomic mass is 16.5. The van der Waals surface area contributed by atoms with Gasteiger partial charge < -0.3 is 15.8 Å². The zero-order valence-electron chi connectivity index (χ0n) is 8.51. The minimum absolute atomic E-state index is 0.0470. The van der Waals surface area contributed by atoms with Crippen molar-refractivity contribution in [3.8, 4) is 0 Å². The first-order chi connectivity index (χ1) is 6.20. The molecule has 0 spiro atoms. The third-order valence-electron chi connectivity index (χ3n) is 1.84. The zero-order chi connectivity index (χ0) is 10.1. The molecule has 0 saturated heterocycles. The lowest BCUT2D eigenvalue weighted by molar-refractivity contribution is -0.122. The van der Waals surface area contributed by atoms with E-state index < -0.39 is 0 Å². The number of carbonyl (C=O) groups is 1. The van der Waals surface area contributed by atoms with Crippen LogP contribution in [0.4, 0.5) is 0 Å². The Kier molecular flexibility index (Phi) is 7.63. The predicted molar refractivity (Wildman–Crippen MR) is 52.3 cm³/mol. The Morgan fingerprint density at radius 2 is 2.31 bits per heavy atom. The predicted octanol–water partition coefficient (Wildman–Crippen LogP) is 0.124. The number of amides is 1. The third-order valence-corrected chi connectivity index (χ3v) is 1.84. The molecule has 0 radical (unpaired) electrons. The van der Waals surface area contributed by atoms with Crippen molar-refractivity contribution in [1.82, 2.24) is 5.32 Å². The summed E-state index contributed by atoms with van der Waals surface area (Å²) >= 11 is 0. The maximum Gasteiger partial charge on any atom is 0.222 e. The third kappa shape index (κ3) is 7.74. The Labute approximate surface area is 79.8 Å². The summed E-state index contributed by atoms with van der Waals surface area (Å²) in [6, 6.07) is 0. The number of hydrogen-bond acceptors (Lipinski definition) is 3. The van der Waals surface area contributed by atoms with Crippen LogP contribution in [-0.2, 0) is 9.53 Å². The minimum Gasteiger partial charge on any atom is -0.384 e. The van der Waals surface area contributed by atoms with Crippen LogP contribution in [0.1, 0.15) is 19.8 Å². The molecule has 0 aromatic heterocycles. The monoisotopic (exact) mass is 188 g/mol. The second-order valence-electron chi connectivity index (χ2n) is 3.23. The molecule has 78 valence electrons. The van der Waals surface area contributed by atoms with Gasteiger partial charge in [-0.2, -0.15) is 0 Å². The van der Waals surface area contributed by atoms with Gasteiger partial charge in [0.05, 0.1) is 6.61 Å². The second kappa shape index (κ2) is 8.01. The number of hydrogen-bond donors (Lipinski definition) is 2. The largest absolute Gasteiger partial charge is 0.384 e. The molecule has 0 aliphatic heterocycles. The fraction of sp³-hybridized carbons (Fsp3) is 0.889. The van der Waals surface area contributed by atoms with Gasteiger partial charge in [0, 0.05) is 20.1 Å². The van der Waals surface area contributed by atoms with Gasteiger partial charge in [-0.25, -0.2) is 0 Å². The summed E-state index contributed by atoms with van der Waals surface area (Å²) in [6.07, 6.45) is 1.39. The quantitative estimate of drug-likeness (QED) is 0.596. The molecule has 0 saturated carbocycles. The van der Waals surface area contributed by atoms with Crippen molar-refractivity contribution in [3.05, 3.63) is 0 Å². The Balaban J connectivity index is 3.34. The highest BCUT2D eigenvalue weighted by molar-refractivity contribution is 5.75. The van der Waals surface area contributed by atoms with E-state index in [1.807, 2.05) is 0 Å². The zero-order valence-corrected chi connectivity index (χ0v) is 8.51. The average molecular weight is 188 g/mol. The van der Waals surface area contributed by atoms with Gasteiger partial charge in [-0.3, -0.25) is 4.79 Å². The molecule has 1 atom stereocenters. The summed E-state index contributed by atoms with van der Waals surface area (Å²) in [5.74, 6) is 0.502. The van der Waals surface area contributed by atoms with Crippen molar-refractivity contribution in [2.45, 2.75) is 19.8 Å². The van der Waals surface area contributed by atoms with Gasteiger partial charge in [0.2, 0.25) is 5.91 Å². The van der Waals surface area contributed by atoms with Crippen LogP contribution < -0.4 is 11.1 Å². The topological polar surface area (TPSA) is 64.3 Å². The second-order valence-corrected chi connectivity index (χ2v) is 3.23. The Bertz CT molecular complexity index is 140. The van der Waals surface area contributed by atoms with E-state index in [9.17, 15) is 4.79 Å². The van der Waals surface area contributed by atoms with Crippen molar-refractivity contribution in [2.24, 2.45) is 11.7 Å². The number of methoxy groups -OCH3 is 1. The Hall–Kier alpha value is -0.610. The maximum atomic E-state index is 11.1. The summed E-state index contributed by atoms with van der Waals surface area (Å²) in [5.41, 5.74) is 5.38. The lowest BCUT2D eigenvalue weighted by atomic mass is 10.1. The van der Waals surface area contributed by atoms with E-state index >= 15 is 0 Å². The van der Waals surface area contributed by atoms with Crippen LogP contribution in [0.25, 0.3) is 0 Å². The minimum atomic E-state index is 0.0470. The molecule has 1 amide bonds. The average Bonchev–Trinajstić information content (AvgIpc) is 2.12. The Morgan fingerprint density at radius 1 is 1.62 bits per heavy atom. The van der Waals surface area contributed by atoms with Gasteiger partial charge in [-0.1, -0.05) is 6.92 Å². The van der Waals surface area contributed by atoms with Crippen LogP contribution in [0.15, 0.2) is 0 Å². The number of nitrogens with one attached hydrogen (secondary N) is 1. The van der Waals surface area contributed by atoms with Crippen molar-refractivity contribution in [3.63, 3.8) is 0 Å². The molecule has 0 rings (SSSR count). The number of rotatable bonds is 7. The van der Waals surface area contributed by atoms with Crippen molar-refractivity contribution < 1.29 is 9.53 Å². The van der Waals surface area contributed by atoms with Crippen molar-refractivity contribution >= 4 is 5.91 Å². The summed E-state index contributed by atoms with van der Waals surface area (Å²) in [7, 11) is 1.59. The molecule has 0 aliphatic carbocycles. The Morgan fingerprint density at radius 3 is 2.85 bits per heavy atom. The van der Waals surface area contributed by atoms with Gasteiger partial charge in [0.25, 0.3) is 0 Å². The lowest BCUT2D eigenvalue weighted by Crippen LogP contribution is -2.29. The summed E-state index contributed by atoms with van der Waals surface area (Å²) < 4.78 is 4.79. The van der Waals surface area contributed by atoms with Gasteiger partial charge in [0.1, 0.15) is 0 Å². The molecule has 0 fully saturated rings. The fourth-order valence-corrected chi connectivity index (χ4v) is 0.958. The van der Waals surface area contributed by atoms with E-state index in [0.717, 1.165) is 6.42 Å². The van der Waals surface area contributed by atoms with Crippen LogP contribution >= 0.6 is 0 Å². The highest BCUT2D eigenvalue weighted by Gasteiger charge is 2.03. The standard InChI is InChI=1S/C9H20N2O2/c1-8(3-5-10)7-11-9(12)4-6-13-2/h8H,3-7,10H2,1-2H3,(H,11,12). The SMILES string of the molecule is COCCC(=O)NCC(C)CCN. The molecule has 13 heavy (non-hydrogen) atoms. The first-order valence-corrected chi connectivity index (χ1v) is 4.66. The molecule has 0 aromatic rings. The normalized spacial score (nSPS) is 12.5. The highest BCUT2D eigenvalue weighted by Crippen LogP contribution is 1.97. The first-order valence-electron chi connectivity index (χ1n) is 4.66. The van der Waals surface area contributed by atoms with E-state index in [0.29, 0.717) is 32.0 Å². The van der Waals surface area contributed by atoms with Crippen LogP contribution in [-0.4, -0.2) is 32.7 Å². The summed E-state index contributed by atoms with van der Waals surface area (Å²) in [5, 5.41) is 2.83.